The molecule has 0 bridgehead atoms. The van der Waals surface area contributed by atoms with Crippen molar-refractivity contribution < 1.29 is 0 Å². The molecule has 2 aliphatic rings. The summed E-state index contributed by atoms with van der Waals surface area (Å²) in [6.45, 7) is 16.2. The van der Waals surface area contributed by atoms with Crippen LogP contribution in [-0.4, -0.2) is 45.2 Å². The Kier molecular flexibility index (Phi) is 6.48. The van der Waals surface area contributed by atoms with Crippen molar-refractivity contribution in [1.82, 2.24) is 10.6 Å². The molecule has 136 valence electrons. The Morgan fingerprint density at radius 1 is 0.826 bits per heavy atom. The average Bonchev–Trinajstić information content (AvgIpc) is 3.32. The molecule has 23 heavy (non-hydrogen) atoms. The second-order valence-electron chi connectivity index (χ2n) is 9.24. The van der Waals surface area contributed by atoms with E-state index in [2.05, 4.69) is 75.7 Å². The van der Waals surface area contributed by atoms with Crippen LogP contribution in [0.1, 0.15) is 73.6 Å². The van der Waals surface area contributed by atoms with Crippen molar-refractivity contribution in [3.05, 3.63) is 0 Å². The van der Waals surface area contributed by atoms with Crippen molar-refractivity contribution in [1.29, 1.82) is 0 Å². The molecule has 4 heteroatoms. The lowest BCUT2D eigenvalue weighted by atomic mass is 10.0. The number of nitrogens with one attached hydrogen (secondary N) is 2. The molecule has 2 rings (SSSR count). The third-order valence-corrected chi connectivity index (χ3v) is 8.06. The zero-order valence-corrected chi connectivity index (χ0v) is 17.8. The second kappa shape index (κ2) is 7.47. The zero-order valence-electron chi connectivity index (χ0n) is 16.2. The highest BCUT2D eigenvalue weighted by atomic mass is 32.2. The predicted octanol–water partition coefficient (Wildman–Crippen LogP) is 4.68. The smallest absolute Gasteiger partial charge is 0.0285 e. The molecule has 2 fully saturated rings. The van der Waals surface area contributed by atoms with Gasteiger partial charge in [-0.3, -0.25) is 0 Å². The largest absolute Gasteiger partial charge is 0.311 e. The molecular weight excluding hydrogens is 320 g/mol. The molecule has 0 aliphatic heterocycles. The molecule has 0 spiro atoms. The maximum absolute atomic E-state index is 3.86. The topological polar surface area (TPSA) is 24.1 Å². The first-order valence-corrected chi connectivity index (χ1v) is 11.3. The van der Waals surface area contributed by atoms with Crippen LogP contribution in [0.15, 0.2) is 0 Å². The van der Waals surface area contributed by atoms with Gasteiger partial charge in [0.15, 0.2) is 0 Å². The number of rotatable bonds is 11. The summed E-state index contributed by atoms with van der Waals surface area (Å²) in [5, 5.41) is 7.56. The molecular formula is C19H38N2S2. The van der Waals surface area contributed by atoms with Gasteiger partial charge in [-0.1, -0.05) is 6.92 Å². The number of hydrogen-bond acceptors (Lipinski definition) is 4. The van der Waals surface area contributed by atoms with Crippen molar-refractivity contribution in [3.63, 3.8) is 0 Å². The van der Waals surface area contributed by atoms with E-state index >= 15 is 0 Å². The molecule has 0 saturated heterocycles. The molecule has 0 atom stereocenters. The molecule has 2 saturated carbocycles. The standard InChI is InChI=1S/C19H38N2S2/c1-7-22-18(8-9-18)15-21-17(5,6)12-13-23-19(10-11-19)14-20-16(2,3)4/h20-21H,7-15H2,1-6H3. The van der Waals surface area contributed by atoms with E-state index < -0.39 is 0 Å². The summed E-state index contributed by atoms with van der Waals surface area (Å²) in [5.74, 6) is 2.53. The monoisotopic (exact) mass is 358 g/mol. The summed E-state index contributed by atoms with van der Waals surface area (Å²) in [7, 11) is 0. The van der Waals surface area contributed by atoms with Gasteiger partial charge in [-0.25, -0.2) is 0 Å². The van der Waals surface area contributed by atoms with E-state index in [1.165, 1.54) is 56.7 Å². The van der Waals surface area contributed by atoms with E-state index in [0.717, 1.165) is 0 Å². The van der Waals surface area contributed by atoms with Gasteiger partial charge < -0.3 is 10.6 Å². The van der Waals surface area contributed by atoms with E-state index in [9.17, 15) is 0 Å². The summed E-state index contributed by atoms with van der Waals surface area (Å²) in [6.07, 6.45) is 6.87. The van der Waals surface area contributed by atoms with Gasteiger partial charge in [0, 0.05) is 33.7 Å². The van der Waals surface area contributed by atoms with Crippen molar-refractivity contribution in [2.24, 2.45) is 0 Å². The molecule has 2 aliphatic carbocycles. The fourth-order valence-electron chi connectivity index (χ4n) is 2.77. The zero-order chi connectivity index (χ0) is 17.2. The quantitative estimate of drug-likeness (QED) is 0.560. The van der Waals surface area contributed by atoms with Crippen LogP contribution in [0.3, 0.4) is 0 Å². The highest BCUT2D eigenvalue weighted by molar-refractivity contribution is 8.01. The van der Waals surface area contributed by atoms with Crippen molar-refractivity contribution in [3.8, 4) is 0 Å². The van der Waals surface area contributed by atoms with Gasteiger partial charge in [-0.2, -0.15) is 23.5 Å². The van der Waals surface area contributed by atoms with Crippen LogP contribution in [0.2, 0.25) is 0 Å². The van der Waals surface area contributed by atoms with Crippen LogP contribution in [0.4, 0.5) is 0 Å². The van der Waals surface area contributed by atoms with Gasteiger partial charge in [-0.05, 0) is 78.2 Å². The fourth-order valence-corrected chi connectivity index (χ4v) is 5.55. The van der Waals surface area contributed by atoms with Crippen LogP contribution in [0.25, 0.3) is 0 Å². The SMILES string of the molecule is CCSC1(CNC(C)(C)CCSC2(CNC(C)(C)C)CC2)CC1. The Morgan fingerprint density at radius 3 is 1.83 bits per heavy atom. The Labute approximate surface area is 153 Å². The maximum atomic E-state index is 3.86. The first-order valence-electron chi connectivity index (χ1n) is 9.37. The molecule has 2 N–H and O–H groups in total. The highest BCUT2D eigenvalue weighted by Gasteiger charge is 2.44. The summed E-state index contributed by atoms with van der Waals surface area (Å²) < 4.78 is 1.12. The molecule has 0 unspecified atom stereocenters. The van der Waals surface area contributed by atoms with Crippen molar-refractivity contribution >= 4 is 23.5 Å². The van der Waals surface area contributed by atoms with Crippen LogP contribution in [0, 0.1) is 0 Å². The molecule has 0 heterocycles. The Morgan fingerprint density at radius 2 is 1.35 bits per heavy atom. The van der Waals surface area contributed by atoms with Gasteiger partial charge >= 0.3 is 0 Å². The minimum Gasteiger partial charge on any atom is -0.311 e. The van der Waals surface area contributed by atoms with Gasteiger partial charge in [0.2, 0.25) is 0 Å². The third kappa shape index (κ3) is 7.17. The molecule has 0 aromatic carbocycles. The van der Waals surface area contributed by atoms with Crippen molar-refractivity contribution in [2.75, 3.05) is 24.6 Å². The van der Waals surface area contributed by atoms with Crippen LogP contribution >= 0.6 is 23.5 Å². The highest BCUT2D eigenvalue weighted by Crippen LogP contribution is 2.49. The minimum absolute atomic E-state index is 0.243. The van der Waals surface area contributed by atoms with E-state index in [0.29, 0.717) is 9.49 Å². The first-order chi connectivity index (χ1) is 10.6. The summed E-state index contributed by atoms with van der Waals surface area (Å²) in [5.41, 5.74) is 0.511. The van der Waals surface area contributed by atoms with Gasteiger partial charge in [0.25, 0.3) is 0 Å². The third-order valence-electron chi connectivity index (χ3n) is 5.03. The van der Waals surface area contributed by atoms with E-state index in [-0.39, 0.29) is 11.1 Å². The van der Waals surface area contributed by atoms with Crippen LogP contribution in [0.5, 0.6) is 0 Å². The summed E-state index contributed by atoms with van der Waals surface area (Å²) in [4.78, 5) is 0. The Balaban J connectivity index is 1.64. The second-order valence-corrected chi connectivity index (χ2v) is 12.5. The lowest BCUT2D eigenvalue weighted by Gasteiger charge is -2.30. The summed E-state index contributed by atoms with van der Waals surface area (Å²) in [6, 6.07) is 0. The van der Waals surface area contributed by atoms with Crippen LogP contribution < -0.4 is 10.6 Å². The Bertz CT molecular complexity index is 379. The molecule has 0 amide bonds. The van der Waals surface area contributed by atoms with Gasteiger partial charge in [0.05, 0.1) is 0 Å². The average molecular weight is 359 g/mol. The van der Waals surface area contributed by atoms with E-state index in [1.54, 1.807) is 0 Å². The normalized spacial score (nSPS) is 22.2. The molecule has 0 radical (unpaired) electrons. The maximum Gasteiger partial charge on any atom is 0.0285 e. The van der Waals surface area contributed by atoms with Crippen LogP contribution in [-0.2, 0) is 0 Å². The molecule has 0 aromatic heterocycles. The number of thioether (sulfide) groups is 2. The number of hydrogen-bond donors (Lipinski definition) is 2. The molecule has 0 aromatic rings. The van der Waals surface area contributed by atoms with E-state index in [1.807, 2.05) is 0 Å². The lowest BCUT2D eigenvalue weighted by Crippen LogP contribution is -2.44. The predicted molar refractivity (Wildman–Crippen MR) is 109 cm³/mol. The minimum atomic E-state index is 0.243. The fraction of sp³-hybridized carbons (Fsp3) is 1.00. The van der Waals surface area contributed by atoms with Gasteiger partial charge in [0.1, 0.15) is 0 Å². The Hall–Kier alpha value is 0.620. The first kappa shape index (κ1) is 19.9. The lowest BCUT2D eigenvalue weighted by molar-refractivity contribution is 0.377. The van der Waals surface area contributed by atoms with Crippen molar-refractivity contribution in [2.45, 2.75) is 94.2 Å². The van der Waals surface area contributed by atoms with E-state index in [4.69, 9.17) is 0 Å². The summed E-state index contributed by atoms with van der Waals surface area (Å²) >= 11 is 4.37. The van der Waals surface area contributed by atoms with Gasteiger partial charge in [-0.15, -0.1) is 0 Å². The molecule has 2 nitrogen and oxygen atoms in total.